The molecule has 0 amide bonds. The number of hydrogen-bond donors (Lipinski definition) is 1. The zero-order valence-electron chi connectivity index (χ0n) is 20.3. The number of aliphatic hydroxyl groups is 1. The molecule has 170 valence electrons. The van der Waals surface area contributed by atoms with Crippen LogP contribution in [0.25, 0.3) is 11.6 Å². The Morgan fingerprint density at radius 3 is 2.19 bits per heavy atom. The molecule has 0 saturated carbocycles. The molecule has 2 aliphatic rings. The summed E-state index contributed by atoms with van der Waals surface area (Å²) in [6.07, 6.45) is 4.65. The lowest BCUT2D eigenvalue weighted by molar-refractivity contribution is 0.0526. The Hall–Kier alpha value is -2.39. The number of hydrogen-bond acceptors (Lipinski definition) is 3. The van der Waals surface area contributed by atoms with Crippen molar-refractivity contribution in [2.45, 2.75) is 71.1 Å². The summed E-state index contributed by atoms with van der Waals surface area (Å²) >= 11 is 0. The monoisotopic (exact) mass is 432 g/mol. The minimum atomic E-state index is -0.292. The first-order chi connectivity index (χ1) is 15.1. The highest BCUT2D eigenvalue weighted by molar-refractivity contribution is 5.91. The van der Waals surface area contributed by atoms with Crippen LogP contribution in [0, 0.1) is 5.92 Å². The molecule has 0 bridgehead atoms. The van der Waals surface area contributed by atoms with E-state index >= 15 is 0 Å². The second-order valence-corrected chi connectivity index (χ2v) is 10.8. The first-order valence-electron chi connectivity index (χ1n) is 11.9. The number of rotatable bonds is 4. The number of carbonyl (C=O) groups excluding carboxylic acids is 1. The molecule has 2 aromatic rings. The van der Waals surface area contributed by atoms with Crippen LogP contribution in [0.1, 0.15) is 98.5 Å². The molecule has 4 rings (SSSR count). The largest absolute Gasteiger partial charge is 0.462 e. The van der Waals surface area contributed by atoms with Crippen LogP contribution in [0.4, 0.5) is 0 Å². The standard InChI is InChI=1S/C29H36O3/c1-7-32-27(31)20-10-8-19(9-11-20)22-14-21-15-25-26(16-23(21)24(17-30)18(22)2)29(5,6)13-12-28(25,3)4/h8-11,14-16,18,24,30H,7,12-13,17H2,1-6H3. The van der Waals surface area contributed by atoms with E-state index < -0.39 is 0 Å². The summed E-state index contributed by atoms with van der Waals surface area (Å²) in [7, 11) is 0. The van der Waals surface area contributed by atoms with Gasteiger partial charge in [-0.3, -0.25) is 0 Å². The Morgan fingerprint density at radius 1 is 1.03 bits per heavy atom. The van der Waals surface area contributed by atoms with Gasteiger partial charge in [0, 0.05) is 5.92 Å². The van der Waals surface area contributed by atoms with Gasteiger partial charge in [0.05, 0.1) is 18.8 Å². The van der Waals surface area contributed by atoms with Gasteiger partial charge < -0.3 is 9.84 Å². The quantitative estimate of drug-likeness (QED) is 0.563. The SMILES string of the molecule is CCOC(=O)c1ccc(C2=Cc3cc4c(cc3C(CO)C2C)C(C)(C)CCC4(C)C)cc1. The zero-order chi connectivity index (χ0) is 23.3. The molecular formula is C29H36O3. The van der Waals surface area contributed by atoms with E-state index in [9.17, 15) is 9.90 Å². The minimum Gasteiger partial charge on any atom is -0.462 e. The second kappa shape index (κ2) is 8.19. The van der Waals surface area contributed by atoms with Gasteiger partial charge in [-0.2, -0.15) is 0 Å². The van der Waals surface area contributed by atoms with Crippen molar-refractivity contribution in [1.82, 2.24) is 0 Å². The maximum Gasteiger partial charge on any atom is 0.338 e. The van der Waals surface area contributed by atoms with Gasteiger partial charge in [0.1, 0.15) is 0 Å². The Kier molecular flexibility index (Phi) is 5.83. The van der Waals surface area contributed by atoms with E-state index in [1.54, 1.807) is 0 Å². The molecule has 3 nitrogen and oxygen atoms in total. The molecule has 0 aliphatic heterocycles. The molecular weight excluding hydrogens is 396 g/mol. The van der Waals surface area contributed by atoms with Crippen LogP contribution in [0.5, 0.6) is 0 Å². The Bertz CT molecular complexity index is 1060. The normalized spacial score (nSPS) is 23.0. The van der Waals surface area contributed by atoms with Gasteiger partial charge in [-0.15, -0.1) is 0 Å². The lowest BCUT2D eigenvalue weighted by atomic mass is 9.61. The van der Waals surface area contributed by atoms with Crippen LogP contribution in [0.15, 0.2) is 36.4 Å². The molecule has 3 heteroatoms. The van der Waals surface area contributed by atoms with E-state index in [1.165, 1.54) is 40.7 Å². The van der Waals surface area contributed by atoms with Crippen molar-refractivity contribution < 1.29 is 14.6 Å². The number of fused-ring (bicyclic) bond motifs is 2. The van der Waals surface area contributed by atoms with E-state index in [2.05, 4.69) is 52.8 Å². The Labute approximate surface area is 192 Å². The van der Waals surface area contributed by atoms with E-state index in [-0.39, 0.29) is 35.2 Å². The maximum absolute atomic E-state index is 12.0. The molecule has 2 aliphatic carbocycles. The van der Waals surface area contributed by atoms with Crippen molar-refractivity contribution in [2.75, 3.05) is 13.2 Å². The molecule has 1 N–H and O–H groups in total. The van der Waals surface area contributed by atoms with Crippen molar-refractivity contribution in [3.63, 3.8) is 0 Å². The molecule has 0 heterocycles. The number of benzene rings is 2. The second-order valence-electron chi connectivity index (χ2n) is 10.8. The minimum absolute atomic E-state index is 0.0564. The molecule has 0 fully saturated rings. The average molecular weight is 433 g/mol. The summed E-state index contributed by atoms with van der Waals surface area (Å²) in [5.74, 6) is -0.0562. The number of ether oxygens (including phenoxy) is 1. The summed E-state index contributed by atoms with van der Waals surface area (Å²) in [6, 6.07) is 12.4. The summed E-state index contributed by atoms with van der Waals surface area (Å²) in [5.41, 5.74) is 8.51. The van der Waals surface area contributed by atoms with Gasteiger partial charge in [-0.1, -0.05) is 65.0 Å². The molecule has 0 spiro atoms. The molecule has 0 aromatic heterocycles. The zero-order valence-corrected chi connectivity index (χ0v) is 20.3. The molecule has 2 unspecified atom stereocenters. The highest BCUT2D eigenvalue weighted by Crippen LogP contribution is 2.50. The van der Waals surface area contributed by atoms with E-state index in [0.717, 1.165) is 5.56 Å². The van der Waals surface area contributed by atoms with Crippen LogP contribution >= 0.6 is 0 Å². The topological polar surface area (TPSA) is 46.5 Å². The predicted molar refractivity (Wildman–Crippen MR) is 131 cm³/mol. The van der Waals surface area contributed by atoms with Gasteiger partial charge in [-0.25, -0.2) is 4.79 Å². The summed E-state index contributed by atoms with van der Waals surface area (Å²) in [5, 5.41) is 10.4. The highest BCUT2D eigenvalue weighted by Gasteiger charge is 2.39. The smallest absolute Gasteiger partial charge is 0.338 e. The van der Waals surface area contributed by atoms with Crippen LogP contribution in [-0.2, 0) is 15.6 Å². The van der Waals surface area contributed by atoms with E-state index in [4.69, 9.17) is 4.74 Å². The van der Waals surface area contributed by atoms with Crippen molar-refractivity contribution in [1.29, 1.82) is 0 Å². The van der Waals surface area contributed by atoms with Crippen LogP contribution < -0.4 is 0 Å². The van der Waals surface area contributed by atoms with Crippen LogP contribution in [-0.4, -0.2) is 24.3 Å². The van der Waals surface area contributed by atoms with E-state index in [0.29, 0.717) is 12.2 Å². The third-order valence-corrected chi connectivity index (χ3v) is 7.79. The lowest BCUT2D eigenvalue weighted by Crippen LogP contribution is -2.35. The first-order valence-corrected chi connectivity index (χ1v) is 11.9. The summed E-state index contributed by atoms with van der Waals surface area (Å²) < 4.78 is 5.12. The average Bonchev–Trinajstić information content (AvgIpc) is 2.76. The van der Waals surface area contributed by atoms with Gasteiger partial charge in [0.2, 0.25) is 0 Å². The highest BCUT2D eigenvalue weighted by atomic mass is 16.5. The van der Waals surface area contributed by atoms with Gasteiger partial charge in [-0.05, 0) is 82.0 Å². The van der Waals surface area contributed by atoms with Gasteiger partial charge in [0.15, 0.2) is 0 Å². The molecule has 2 atom stereocenters. The number of aliphatic hydroxyl groups excluding tert-OH is 1. The number of esters is 1. The first kappa shape index (κ1) is 22.8. The van der Waals surface area contributed by atoms with Gasteiger partial charge >= 0.3 is 5.97 Å². The Morgan fingerprint density at radius 2 is 1.62 bits per heavy atom. The van der Waals surface area contributed by atoms with Crippen molar-refractivity contribution >= 4 is 17.6 Å². The molecule has 32 heavy (non-hydrogen) atoms. The van der Waals surface area contributed by atoms with E-state index in [1.807, 2.05) is 31.2 Å². The van der Waals surface area contributed by atoms with Crippen LogP contribution in [0.3, 0.4) is 0 Å². The fourth-order valence-corrected chi connectivity index (χ4v) is 5.49. The van der Waals surface area contributed by atoms with Crippen molar-refractivity contribution in [2.24, 2.45) is 5.92 Å². The third-order valence-electron chi connectivity index (χ3n) is 7.79. The molecule has 0 saturated heterocycles. The number of carbonyl (C=O) groups is 1. The summed E-state index contributed by atoms with van der Waals surface area (Å²) in [6.45, 7) is 13.9. The molecule has 2 aromatic carbocycles. The fraction of sp³-hybridized carbons (Fsp3) is 0.483. The molecule has 0 radical (unpaired) electrons. The van der Waals surface area contributed by atoms with Crippen molar-refractivity contribution in [3.05, 3.63) is 69.8 Å². The predicted octanol–water partition coefficient (Wildman–Crippen LogP) is 6.48. The van der Waals surface area contributed by atoms with Crippen molar-refractivity contribution in [3.8, 4) is 0 Å². The maximum atomic E-state index is 12.0. The summed E-state index contributed by atoms with van der Waals surface area (Å²) in [4.78, 5) is 12.0. The third kappa shape index (κ3) is 3.81. The fourth-order valence-electron chi connectivity index (χ4n) is 5.49. The van der Waals surface area contributed by atoms with Crippen LogP contribution in [0.2, 0.25) is 0 Å². The number of allylic oxidation sites excluding steroid dienone is 1. The Balaban J connectivity index is 1.82. The van der Waals surface area contributed by atoms with Gasteiger partial charge in [0.25, 0.3) is 0 Å². The lowest BCUT2D eigenvalue weighted by Gasteiger charge is -2.43.